The predicted molar refractivity (Wildman–Crippen MR) is 122 cm³/mol. The summed E-state index contributed by atoms with van der Waals surface area (Å²) in [4.78, 5) is 4.85. The van der Waals surface area contributed by atoms with Crippen molar-refractivity contribution < 1.29 is 4.74 Å². The van der Waals surface area contributed by atoms with E-state index in [1.165, 1.54) is 42.5 Å². The number of aromatic nitrogens is 1. The molecule has 3 aliphatic rings. The van der Waals surface area contributed by atoms with E-state index >= 15 is 0 Å². The van der Waals surface area contributed by atoms with E-state index in [9.17, 15) is 0 Å². The molecular formula is C27H34N2O. The van der Waals surface area contributed by atoms with Crippen LogP contribution in [0.25, 0.3) is 0 Å². The number of benzene rings is 1. The Labute approximate surface area is 181 Å². The number of fused-ring (bicyclic) bond motifs is 1. The molecule has 0 unspecified atom stereocenters. The average Bonchev–Trinajstić information content (AvgIpc) is 3.39. The Kier molecular flexibility index (Phi) is 5.28. The van der Waals surface area contributed by atoms with E-state index in [0.29, 0.717) is 0 Å². The van der Waals surface area contributed by atoms with Crippen LogP contribution in [0.1, 0.15) is 61.8 Å². The van der Waals surface area contributed by atoms with Gasteiger partial charge in [0.05, 0.1) is 5.60 Å². The first-order valence-electron chi connectivity index (χ1n) is 11.7. The number of hydrogen-bond donors (Lipinski definition) is 1. The van der Waals surface area contributed by atoms with E-state index < -0.39 is 0 Å². The van der Waals surface area contributed by atoms with Gasteiger partial charge in [0.2, 0.25) is 0 Å². The van der Waals surface area contributed by atoms with Crippen LogP contribution in [0.2, 0.25) is 0 Å². The zero-order chi connectivity index (χ0) is 20.5. The van der Waals surface area contributed by atoms with Gasteiger partial charge in [-0.3, -0.25) is 4.98 Å². The van der Waals surface area contributed by atoms with Crippen molar-refractivity contribution in [1.29, 1.82) is 0 Å². The number of nitrogens with zero attached hydrogens (tertiary/aromatic N) is 1. The first-order valence-corrected chi connectivity index (χ1v) is 11.7. The molecule has 0 amide bonds. The standard InChI is InChI=1S/C27H34N2O/c1-2-26(19-22-9-3-4-10-23(22)20-26)29-17-14-25(24-11-5-8-16-28-24)15-18-30-27(21-25)12-6-7-13-27/h2-5,8-11,16,29H,1,6-7,12-15,17-21H2/t25-/m1/s1. The van der Waals surface area contributed by atoms with Crippen molar-refractivity contribution in [3.8, 4) is 0 Å². The number of hydrogen-bond acceptors (Lipinski definition) is 3. The highest BCUT2D eigenvalue weighted by Gasteiger charge is 2.48. The molecule has 1 saturated carbocycles. The first kappa shape index (κ1) is 20.0. The topological polar surface area (TPSA) is 34.2 Å². The number of pyridine rings is 1. The van der Waals surface area contributed by atoms with E-state index in [1.54, 1.807) is 0 Å². The zero-order valence-electron chi connectivity index (χ0n) is 18.0. The molecule has 2 fully saturated rings. The van der Waals surface area contributed by atoms with E-state index in [0.717, 1.165) is 45.3 Å². The van der Waals surface area contributed by atoms with Gasteiger partial charge in [-0.1, -0.05) is 49.2 Å². The summed E-state index contributed by atoms with van der Waals surface area (Å²) in [6.45, 7) is 6.04. The van der Waals surface area contributed by atoms with Gasteiger partial charge in [-0.15, -0.1) is 6.58 Å². The fraction of sp³-hybridized carbons (Fsp3) is 0.519. The number of nitrogens with one attached hydrogen (secondary N) is 1. The van der Waals surface area contributed by atoms with Crippen molar-refractivity contribution in [1.82, 2.24) is 10.3 Å². The van der Waals surface area contributed by atoms with Gasteiger partial charge in [-0.05, 0) is 74.8 Å². The smallest absolute Gasteiger partial charge is 0.0691 e. The molecule has 1 aromatic heterocycles. The Morgan fingerprint density at radius 1 is 1.00 bits per heavy atom. The third-order valence-electron chi connectivity index (χ3n) is 7.97. The van der Waals surface area contributed by atoms with Gasteiger partial charge >= 0.3 is 0 Å². The van der Waals surface area contributed by atoms with E-state index in [-0.39, 0.29) is 16.6 Å². The summed E-state index contributed by atoms with van der Waals surface area (Å²) in [5.41, 5.74) is 4.33. The van der Waals surface area contributed by atoms with Gasteiger partial charge in [-0.25, -0.2) is 0 Å². The van der Waals surface area contributed by atoms with Crippen molar-refractivity contribution in [3.63, 3.8) is 0 Å². The van der Waals surface area contributed by atoms with Crippen LogP contribution < -0.4 is 5.32 Å². The van der Waals surface area contributed by atoms with Crippen molar-refractivity contribution in [2.24, 2.45) is 0 Å². The van der Waals surface area contributed by atoms with Crippen LogP contribution in [0.3, 0.4) is 0 Å². The molecule has 2 aliphatic carbocycles. The molecule has 2 heterocycles. The molecule has 1 N–H and O–H groups in total. The largest absolute Gasteiger partial charge is 0.375 e. The molecule has 3 nitrogen and oxygen atoms in total. The monoisotopic (exact) mass is 402 g/mol. The molecule has 1 saturated heterocycles. The quantitative estimate of drug-likeness (QED) is 0.679. The van der Waals surface area contributed by atoms with Crippen LogP contribution in [0, 0.1) is 0 Å². The van der Waals surface area contributed by atoms with Gasteiger partial charge in [0.1, 0.15) is 0 Å². The highest BCUT2D eigenvalue weighted by molar-refractivity contribution is 5.38. The van der Waals surface area contributed by atoms with Gasteiger partial charge in [0.25, 0.3) is 0 Å². The lowest BCUT2D eigenvalue weighted by Gasteiger charge is -2.47. The van der Waals surface area contributed by atoms with E-state index in [4.69, 9.17) is 9.72 Å². The van der Waals surface area contributed by atoms with E-state index in [2.05, 4.69) is 54.4 Å². The second kappa shape index (κ2) is 7.94. The average molecular weight is 403 g/mol. The molecule has 30 heavy (non-hydrogen) atoms. The van der Waals surface area contributed by atoms with Crippen molar-refractivity contribution in [2.45, 2.75) is 74.3 Å². The normalized spacial score (nSPS) is 26.5. The minimum Gasteiger partial charge on any atom is -0.375 e. The van der Waals surface area contributed by atoms with Crippen LogP contribution in [-0.4, -0.2) is 29.3 Å². The molecule has 0 radical (unpaired) electrons. The maximum atomic E-state index is 6.40. The molecule has 1 atom stereocenters. The van der Waals surface area contributed by atoms with Crippen LogP contribution in [0.5, 0.6) is 0 Å². The van der Waals surface area contributed by atoms with Crippen LogP contribution in [0.15, 0.2) is 61.3 Å². The summed E-state index contributed by atoms with van der Waals surface area (Å²) in [5.74, 6) is 0. The van der Waals surface area contributed by atoms with Gasteiger partial charge in [0, 0.05) is 29.5 Å². The van der Waals surface area contributed by atoms with Crippen LogP contribution >= 0.6 is 0 Å². The summed E-state index contributed by atoms with van der Waals surface area (Å²) in [5, 5.41) is 3.93. The Morgan fingerprint density at radius 3 is 2.40 bits per heavy atom. The summed E-state index contributed by atoms with van der Waals surface area (Å²) in [7, 11) is 0. The van der Waals surface area contributed by atoms with Gasteiger partial charge < -0.3 is 10.1 Å². The molecule has 1 spiro atoms. The summed E-state index contributed by atoms with van der Waals surface area (Å²) >= 11 is 0. The summed E-state index contributed by atoms with van der Waals surface area (Å²) in [6, 6.07) is 15.2. The van der Waals surface area contributed by atoms with Crippen molar-refractivity contribution >= 4 is 0 Å². The molecular weight excluding hydrogens is 368 g/mol. The second-order valence-electron chi connectivity index (χ2n) is 9.82. The van der Waals surface area contributed by atoms with Crippen LogP contribution in [-0.2, 0) is 23.0 Å². The lowest BCUT2D eigenvalue weighted by atomic mass is 9.68. The predicted octanol–water partition coefficient (Wildman–Crippen LogP) is 5.15. The number of ether oxygens (including phenoxy) is 1. The Morgan fingerprint density at radius 2 is 1.73 bits per heavy atom. The van der Waals surface area contributed by atoms with Crippen LogP contribution in [0.4, 0.5) is 0 Å². The molecule has 2 aromatic rings. The highest BCUT2D eigenvalue weighted by Crippen LogP contribution is 2.49. The SMILES string of the molecule is C=CC1(NCC[C@@]2(c3ccccn3)CCOC3(CCCC3)C2)Cc2ccccc2C1. The van der Waals surface area contributed by atoms with Crippen molar-refractivity contribution in [3.05, 3.63) is 78.1 Å². The Bertz CT molecular complexity index is 862. The van der Waals surface area contributed by atoms with E-state index in [1.807, 2.05) is 12.3 Å². The summed E-state index contributed by atoms with van der Waals surface area (Å²) in [6.07, 6.45) is 14.5. The van der Waals surface area contributed by atoms with Crippen molar-refractivity contribution in [2.75, 3.05) is 13.2 Å². The maximum Gasteiger partial charge on any atom is 0.0691 e. The molecule has 1 aliphatic heterocycles. The zero-order valence-corrected chi connectivity index (χ0v) is 18.0. The second-order valence-corrected chi connectivity index (χ2v) is 9.82. The lowest BCUT2D eigenvalue weighted by Crippen LogP contribution is -2.50. The minimum atomic E-state index is -0.0226. The molecule has 158 valence electrons. The summed E-state index contributed by atoms with van der Waals surface area (Å²) < 4.78 is 6.40. The molecule has 0 bridgehead atoms. The molecule has 1 aromatic carbocycles. The fourth-order valence-electron chi connectivity index (χ4n) is 6.33. The van der Waals surface area contributed by atoms with Gasteiger partial charge in [0.15, 0.2) is 0 Å². The lowest BCUT2D eigenvalue weighted by molar-refractivity contribution is -0.104. The highest BCUT2D eigenvalue weighted by atomic mass is 16.5. The third-order valence-corrected chi connectivity index (χ3v) is 7.97. The van der Waals surface area contributed by atoms with Gasteiger partial charge in [-0.2, -0.15) is 0 Å². The molecule has 3 heteroatoms. The Hall–Kier alpha value is -1.97. The molecule has 5 rings (SSSR count). The Balaban J connectivity index is 1.34. The third kappa shape index (κ3) is 3.63. The minimum absolute atomic E-state index is 0.0226. The number of rotatable bonds is 6. The maximum absolute atomic E-state index is 6.40. The first-order chi connectivity index (χ1) is 14.7. The fourth-order valence-corrected chi connectivity index (χ4v) is 6.33.